The maximum Gasteiger partial charge on any atom is 0.355 e. The number of pyridine rings is 1. The molecule has 1 aromatic carbocycles. The third kappa shape index (κ3) is 2.16. The van der Waals surface area contributed by atoms with Gasteiger partial charge < -0.3 is 4.74 Å². The summed E-state index contributed by atoms with van der Waals surface area (Å²) in [5.41, 5.74) is 1.15. The molecule has 0 fully saturated rings. The highest BCUT2D eigenvalue weighted by molar-refractivity contribution is 6.41. The van der Waals surface area contributed by atoms with Gasteiger partial charge in [-0.15, -0.1) is 0 Å². The van der Waals surface area contributed by atoms with Crippen molar-refractivity contribution in [1.29, 1.82) is 0 Å². The van der Waals surface area contributed by atoms with Crippen molar-refractivity contribution in [2.75, 3.05) is 12.0 Å². The van der Waals surface area contributed by atoms with E-state index in [0.29, 0.717) is 17.0 Å². The second kappa shape index (κ2) is 5.50. The van der Waals surface area contributed by atoms with Crippen molar-refractivity contribution >= 4 is 34.1 Å². The number of urea groups is 1. The summed E-state index contributed by atoms with van der Waals surface area (Å²) in [5.74, 6) is -0.422. The van der Waals surface area contributed by atoms with E-state index in [1.54, 1.807) is 31.5 Å². The number of ether oxygens (including phenoxy) is 1. The van der Waals surface area contributed by atoms with Gasteiger partial charge in [-0.2, -0.15) is 4.99 Å². The van der Waals surface area contributed by atoms with E-state index < -0.39 is 11.9 Å². The van der Waals surface area contributed by atoms with Crippen molar-refractivity contribution in [2.24, 2.45) is 4.99 Å². The molecular weight excluding hydrogens is 306 g/mol. The number of allylic oxidation sites excluding steroid dienone is 1. The molecule has 1 unspecified atom stereocenters. The zero-order valence-electron chi connectivity index (χ0n) is 12.8. The molecular formula is C18H13N3O3. The van der Waals surface area contributed by atoms with Crippen LogP contribution < -0.4 is 4.90 Å². The zero-order valence-corrected chi connectivity index (χ0v) is 12.8. The van der Waals surface area contributed by atoms with Gasteiger partial charge in [0.1, 0.15) is 0 Å². The summed E-state index contributed by atoms with van der Waals surface area (Å²) < 4.78 is 5.24. The first-order valence-corrected chi connectivity index (χ1v) is 7.42. The summed E-state index contributed by atoms with van der Waals surface area (Å²) in [4.78, 5) is 34.6. The number of aromatic nitrogens is 1. The van der Waals surface area contributed by atoms with E-state index in [-0.39, 0.29) is 6.10 Å². The first-order valence-electron chi connectivity index (χ1n) is 7.42. The van der Waals surface area contributed by atoms with Gasteiger partial charge in [0, 0.05) is 24.1 Å². The Balaban J connectivity index is 1.87. The summed E-state index contributed by atoms with van der Waals surface area (Å²) in [6.07, 6.45) is 7.93. The van der Waals surface area contributed by atoms with Crippen LogP contribution >= 0.6 is 0 Å². The fourth-order valence-electron chi connectivity index (χ4n) is 2.86. The van der Waals surface area contributed by atoms with E-state index in [1.807, 2.05) is 24.3 Å². The molecule has 1 aliphatic carbocycles. The van der Waals surface area contributed by atoms with Crippen LogP contribution in [-0.4, -0.2) is 35.8 Å². The average Bonchev–Trinajstić information content (AvgIpc) is 2.62. The number of rotatable bonds is 2. The standard InChI is InChI=1S/C18H13N3O3/c1-24-12-6-7-15-14(8-12)17(22)21(18(23)20-15)16-10-19-9-11-4-2-3-5-13(11)16/h2-10,12H,1H3. The number of nitrogens with zero attached hydrogens (tertiary/aromatic N) is 3. The van der Waals surface area contributed by atoms with E-state index in [9.17, 15) is 9.59 Å². The maximum atomic E-state index is 12.9. The van der Waals surface area contributed by atoms with E-state index in [1.165, 1.54) is 6.20 Å². The minimum Gasteiger partial charge on any atom is -0.373 e. The number of hydrogen-bond acceptors (Lipinski definition) is 4. The number of carbonyl (C=O) groups excluding carboxylic acids is 2. The number of aliphatic imine (C=N–C) groups is 1. The summed E-state index contributed by atoms with van der Waals surface area (Å²) in [6, 6.07) is 6.83. The number of fused-ring (bicyclic) bond motifs is 2. The molecule has 24 heavy (non-hydrogen) atoms. The molecule has 0 saturated heterocycles. The van der Waals surface area contributed by atoms with Crippen LogP contribution in [0.4, 0.5) is 10.5 Å². The molecule has 3 amide bonds. The SMILES string of the molecule is COC1C=CC2=NC(=O)N(c3cncc4ccccc34)C(=O)C2=C1. The first kappa shape index (κ1) is 14.5. The fourth-order valence-corrected chi connectivity index (χ4v) is 2.86. The Hall–Kier alpha value is -3.12. The predicted molar refractivity (Wildman–Crippen MR) is 90.1 cm³/mol. The van der Waals surface area contributed by atoms with Crippen LogP contribution in [0.5, 0.6) is 0 Å². The number of anilines is 1. The third-order valence-corrected chi connectivity index (χ3v) is 4.05. The van der Waals surface area contributed by atoms with Crippen molar-refractivity contribution in [2.45, 2.75) is 6.10 Å². The van der Waals surface area contributed by atoms with Crippen molar-refractivity contribution in [1.82, 2.24) is 4.98 Å². The smallest absolute Gasteiger partial charge is 0.355 e. The second-order valence-corrected chi connectivity index (χ2v) is 5.44. The van der Waals surface area contributed by atoms with Crippen molar-refractivity contribution in [3.05, 3.63) is 60.5 Å². The first-order chi connectivity index (χ1) is 11.7. The topological polar surface area (TPSA) is 71.9 Å². The number of carbonyl (C=O) groups is 2. The van der Waals surface area contributed by atoms with Gasteiger partial charge in [-0.25, -0.2) is 9.69 Å². The molecule has 4 rings (SSSR count). The zero-order chi connectivity index (χ0) is 16.7. The van der Waals surface area contributed by atoms with E-state index >= 15 is 0 Å². The van der Waals surface area contributed by atoms with Gasteiger partial charge in [0.25, 0.3) is 5.91 Å². The minimum absolute atomic E-state index is 0.316. The molecule has 0 saturated carbocycles. The molecule has 0 N–H and O–H groups in total. The molecule has 6 nitrogen and oxygen atoms in total. The summed E-state index contributed by atoms with van der Waals surface area (Å²) in [7, 11) is 1.55. The van der Waals surface area contributed by atoms with Crippen molar-refractivity contribution in [3.63, 3.8) is 0 Å². The molecule has 6 heteroatoms. The molecule has 1 aliphatic heterocycles. The second-order valence-electron chi connectivity index (χ2n) is 5.44. The monoisotopic (exact) mass is 319 g/mol. The maximum absolute atomic E-state index is 12.9. The molecule has 2 aliphatic rings. The highest BCUT2D eigenvalue weighted by atomic mass is 16.5. The van der Waals surface area contributed by atoms with Gasteiger partial charge in [0.15, 0.2) is 0 Å². The fraction of sp³-hybridized carbons (Fsp3) is 0.111. The molecule has 0 radical (unpaired) electrons. The average molecular weight is 319 g/mol. The van der Waals surface area contributed by atoms with Crippen molar-refractivity contribution in [3.8, 4) is 0 Å². The van der Waals surface area contributed by atoms with Gasteiger partial charge in [-0.3, -0.25) is 9.78 Å². The van der Waals surface area contributed by atoms with Gasteiger partial charge in [0.05, 0.1) is 29.3 Å². The highest BCUT2D eigenvalue weighted by Gasteiger charge is 2.35. The minimum atomic E-state index is -0.620. The van der Waals surface area contributed by atoms with Gasteiger partial charge in [-0.1, -0.05) is 24.3 Å². The largest absolute Gasteiger partial charge is 0.373 e. The predicted octanol–water partition coefficient (Wildman–Crippen LogP) is 2.65. The number of hydrogen-bond donors (Lipinski definition) is 0. The van der Waals surface area contributed by atoms with Gasteiger partial charge >= 0.3 is 6.03 Å². The Morgan fingerprint density at radius 2 is 2.00 bits per heavy atom. The van der Waals surface area contributed by atoms with Crippen LogP contribution in [0.25, 0.3) is 10.8 Å². The quantitative estimate of drug-likeness (QED) is 0.853. The van der Waals surface area contributed by atoms with Crippen LogP contribution in [-0.2, 0) is 9.53 Å². The van der Waals surface area contributed by atoms with Gasteiger partial charge in [-0.05, 0) is 18.2 Å². The van der Waals surface area contributed by atoms with Gasteiger partial charge in [0.2, 0.25) is 0 Å². The normalized spacial score (nSPS) is 20.0. The third-order valence-electron chi connectivity index (χ3n) is 4.05. The molecule has 1 atom stereocenters. The Labute approximate surface area is 137 Å². The summed E-state index contributed by atoms with van der Waals surface area (Å²) in [5, 5.41) is 1.61. The molecule has 0 bridgehead atoms. The van der Waals surface area contributed by atoms with E-state index in [0.717, 1.165) is 15.7 Å². The number of amides is 3. The Bertz CT molecular complexity index is 954. The molecule has 118 valence electrons. The molecule has 0 spiro atoms. The summed E-state index contributed by atoms with van der Waals surface area (Å²) >= 11 is 0. The Kier molecular flexibility index (Phi) is 3.32. The lowest BCUT2D eigenvalue weighted by Gasteiger charge is -2.27. The Morgan fingerprint density at radius 3 is 2.83 bits per heavy atom. The molecule has 1 aromatic heterocycles. The van der Waals surface area contributed by atoms with Crippen molar-refractivity contribution < 1.29 is 14.3 Å². The van der Waals surface area contributed by atoms with Crippen LogP contribution in [0.2, 0.25) is 0 Å². The molecule has 2 heterocycles. The highest BCUT2D eigenvalue weighted by Crippen LogP contribution is 2.30. The lowest BCUT2D eigenvalue weighted by atomic mass is 9.98. The lowest BCUT2D eigenvalue weighted by Crippen LogP contribution is -2.43. The van der Waals surface area contributed by atoms with Crippen LogP contribution in [0, 0.1) is 0 Å². The van der Waals surface area contributed by atoms with Crippen LogP contribution in [0.1, 0.15) is 0 Å². The number of benzene rings is 1. The molecule has 2 aromatic rings. The van der Waals surface area contributed by atoms with E-state index in [4.69, 9.17) is 4.74 Å². The number of methoxy groups -OCH3 is 1. The van der Waals surface area contributed by atoms with Crippen LogP contribution in [0.15, 0.2) is 65.5 Å². The lowest BCUT2D eigenvalue weighted by molar-refractivity contribution is -0.114. The van der Waals surface area contributed by atoms with Crippen LogP contribution in [0.3, 0.4) is 0 Å². The van der Waals surface area contributed by atoms with E-state index in [2.05, 4.69) is 9.98 Å². The number of imide groups is 1. The Morgan fingerprint density at radius 1 is 1.17 bits per heavy atom. The summed E-state index contributed by atoms with van der Waals surface area (Å²) in [6.45, 7) is 0.